The molecule has 0 fully saturated rings. The molecular formula is C21H27ClN2O6S. The number of rotatable bonds is 9. The van der Waals surface area contributed by atoms with Crippen molar-refractivity contribution in [3.8, 4) is 17.2 Å². The minimum absolute atomic E-state index is 0.180. The van der Waals surface area contributed by atoms with Gasteiger partial charge in [0.05, 0.1) is 39.3 Å². The van der Waals surface area contributed by atoms with Crippen LogP contribution in [0.1, 0.15) is 25.5 Å². The van der Waals surface area contributed by atoms with Crippen molar-refractivity contribution in [1.82, 2.24) is 5.32 Å². The second-order valence-electron chi connectivity index (χ2n) is 6.90. The second-order valence-corrected chi connectivity index (χ2v) is 9.19. The van der Waals surface area contributed by atoms with Crippen LogP contribution in [0.25, 0.3) is 0 Å². The fraction of sp³-hybridized carbons (Fsp3) is 0.381. The summed E-state index contributed by atoms with van der Waals surface area (Å²) in [5.74, 6) is 0.877. The molecule has 170 valence electrons. The van der Waals surface area contributed by atoms with E-state index in [4.69, 9.17) is 25.8 Å². The van der Waals surface area contributed by atoms with Gasteiger partial charge in [0, 0.05) is 5.02 Å². The van der Waals surface area contributed by atoms with Crippen LogP contribution in [0.5, 0.6) is 17.2 Å². The Morgan fingerprint density at radius 2 is 1.55 bits per heavy atom. The highest BCUT2D eigenvalue weighted by atomic mass is 35.5. The van der Waals surface area contributed by atoms with E-state index in [9.17, 15) is 13.2 Å². The van der Waals surface area contributed by atoms with Crippen LogP contribution in [0.15, 0.2) is 36.4 Å². The number of nitrogens with zero attached hydrogens (tertiary/aromatic N) is 1. The first-order valence-corrected chi connectivity index (χ1v) is 11.6. The maximum atomic E-state index is 13.0. The summed E-state index contributed by atoms with van der Waals surface area (Å²) in [6.07, 6.45) is 1.02. The Morgan fingerprint density at radius 1 is 0.968 bits per heavy atom. The predicted octanol–water partition coefficient (Wildman–Crippen LogP) is 3.40. The van der Waals surface area contributed by atoms with Gasteiger partial charge in [-0.1, -0.05) is 17.7 Å². The first kappa shape index (κ1) is 24.6. The number of sulfonamides is 1. The molecule has 2 rings (SSSR count). The average Bonchev–Trinajstić information content (AvgIpc) is 2.72. The van der Waals surface area contributed by atoms with Crippen molar-refractivity contribution >= 4 is 33.2 Å². The number of amides is 1. The van der Waals surface area contributed by atoms with Crippen LogP contribution < -0.4 is 23.8 Å². The third kappa shape index (κ3) is 5.74. The van der Waals surface area contributed by atoms with E-state index in [0.29, 0.717) is 16.5 Å². The summed E-state index contributed by atoms with van der Waals surface area (Å²) in [5, 5.41) is 3.16. The van der Waals surface area contributed by atoms with Gasteiger partial charge in [0.15, 0.2) is 11.5 Å². The minimum atomic E-state index is -3.83. The molecule has 8 nitrogen and oxygen atoms in total. The number of anilines is 1. The average molecular weight is 471 g/mol. The molecule has 1 amide bonds. The second kappa shape index (κ2) is 10.1. The lowest BCUT2D eigenvalue weighted by Gasteiger charge is -2.30. The van der Waals surface area contributed by atoms with Gasteiger partial charge in [-0.15, -0.1) is 0 Å². The van der Waals surface area contributed by atoms with Gasteiger partial charge in [0.2, 0.25) is 15.9 Å². The molecule has 0 saturated heterocycles. The van der Waals surface area contributed by atoms with Crippen LogP contribution in [-0.4, -0.2) is 48.0 Å². The molecule has 10 heteroatoms. The van der Waals surface area contributed by atoms with E-state index in [1.165, 1.54) is 34.3 Å². The number of hydrogen-bond acceptors (Lipinski definition) is 6. The summed E-state index contributed by atoms with van der Waals surface area (Å²) >= 11 is 6.07. The van der Waals surface area contributed by atoms with Gasteiger partial charge in [-0.3, -0.25) is 9.10 Å². The van der Waals surface area contributed by atoms with Crippen molar-refractivity contribution in [1.29, 1.82) is 0 Å². The smallest absolute Gasteiger partial charge is 0.244 e. The molecule has 2 aromatic rings. The van der Waals surface area contributed by atoms with E-state index >= 15 is 0 Å². The standard InChI is InChI=1S/C21H27ClN2O6S/c1-13(15-7-9-19(29-4)20(11-15)30-5)23-21(25)14(2)24(31(6,26)27)17-12-16(22)8-10-18(17)28-3/h7-14H,1-6H3,(H,23,25)/t13-,14+/m1/s1. The van der Waals surface area contributed by atoms with Gasteiger partial charge < -0.3 is 19.5 Å². The summed E-state index contributed by atoms with van der Waals surface area (Å²) in [4.78, 5) is 13.0. The number of methoxy groups -OCH3 is 3. The van der Waals surface area contributed by atoms with E-state index in [2.05, 4.69) is 5.32 Å². The maximum Gasteiger partial charge on any atom is 0.244 e. The Labute approximate surface area is 188 Å². The van der Waals surface area contributed by atoms with E-state index in [1.807, 2.05) is 0 Å². The van der Waals surface area contributed by atoms with Gasteiger partial charge in [0.25, 0.3) is 0 Å². The van der Waals surface area contributed by atoms with Gasteiger partial charge in [0.1, 0.15) is 11.8 Å². The number of carbonyl (C=O) groups excluding carboxylic acids is 1. The van der Waals surface area contributed by atoms with Gasteiger partial charge in [-0.05, 0) is 49.7 Å². The number of ether oxygens (including phenoxy) is 3. The molecule has 0 radical (unpaired) electrons. The summed E-state index contributed by atoms with van der Waals surface area (Å²) < 4.78 is 42.0. The molecule has 0 aliphatic rings. The molecule has 0 spiro atoms. The number of hydrogen-bond donors (Lipinski definition) is 1. The van der Waals surface area contributed by atoms with Gasteiger partial charge >= 0.3 is 0 Å². The lowest BCUT2D eigenvalue weighted by Crippen LogP contribution is -2.48. The number of halogens is 1. The highest BCUT2D eigenvalue weighted by Gasteiger charge is 2.32. The molecule has 0 aromatic heterocycles. The molecule has 2 aromatic carbocycles. The van der Waals surface area contributed by atoms with E-state index in [1.54, 1.807) is 37.3 Å². The fourth-order valence-electron chi connectivity index (χ4n) is 3.16. The zero-order valence-corrected chi connectivity index (χ0v) is 19.9. The molecule has 31 heavy (non-hydrogen) atoms. The minimum Gasteiger partial charge on any atom is -0.495 e. The van der Waals surface area contributed by atoms with Crippen molar-refractivity contribution in [2.24, 2.45) is 0 Å². The first-order valence-electron chi connectivity index (χ1n) is 9.38. The van der Waals surface area contributed by atoms with Crippen molar-refractivity contribution in [3.05, 3.63) is 47.0 Å². The van der Waals surface area contributed by atoms with Crippen molar-refractivity contribution in [2.45, 2.75) is 25.9 Å². The number of carbonyl (C=O) groups is 1. The lowest BCUT2D eigenvalue weighted by molar-refractivity contribution is -0.122. The Bertz CT molecular complexity index is 1040. The molecule has 0 saturated carbocycles. The highest BCUT2D eigenvalue weighted by molar-refractivity contribution is 7.92. The highest BCUT2D eigenvalue weighted by Crippen LogP contribution is 2.34. The van der Waals surface area contributed by atoms with E-state index < -0.39 is 28.0 Å². The monoisotopic (exact) mass is 470 g/mol. The molecule has 1 N–H and O–H groups in total. The quantitative estimate of drug-likeness (QED) is 0.603. The molecular weight excluding hydrogens is 444 g/mol. The normalized spacial score (nSPS) is 13.1. The van der Waals surface area contributed by atoms with Crippen LogP contribution in [0, 0.1) is 0 Å². The third-order valence-electron chi connectivity index (χ3n) is 4.73. The van der Waals surface area contributed by atoms with Gasteiger partial charge in [-0.2, -0.15) is 0 Å². The number of benzene rings is 2. The van der Waals surface area contributed by atoms with Crippen LogP contribution in [0.3, 0.4) is 0 Å². The van der Waals surface area contributed by atoms with Crippen LogP contribution in [-0.2, 0) is 14.8 Å². The molecule has 0 bridgehead atoms. The van der Waals surface area contributed by atoms with Crippen LogP contribution in [0.2, 0.25) is 5.02 Å². The molecule has 0 aliphatic carbocycles. The molecule has 0 aliphatic heterocycles. The Hall–Kier alpha value is -2.65. The van der Waals surface area contributed by atoms with E-state index in [0.717, 1.165) is 16.1 Å². The fourth-order valence-corrected chi connectivity index (χ4v) is 4.49. The molecule has 2 atom stereocenters. The zero-order chi connectivity index (χ0) is 23.3. The topological polar surface area (TPSA) is 94.2 Å². The first-order chi connectivity index (χ1) is 14.5. The zero-order valence-electron chi connectivity index (χ0n) is 18.3. The van der Waals surface area contributed by atoms with Crippen molar-refractivity contribution in [3.63, 3.8) is 0 Å². The summed E-state index contributed by atoms with van der Waals surface area (Å²) in [7, 11) is 0.639. The van der Waals surface area contributed by atoms with Crippen LogP contribution >= 0.6 is 11.6 Å². The SMILES string of the molecule is COc1ccc([C@@H](C)NC(=O)[C@H](C)N(c2cc(Cl)ccc2OC)S(C)(=O)=O)cc1OC. The summed E-state index contributed by atoms with van der Waals surface area (Å²) in [6, 6.07) is 8.38. The van der Waals surface area contributed by atoms with Crippen LogP contribution in [0.4, 0.5) is 5.69 Å². The molecule has 0 heterocycles. The predicted molar refractivity (Wildman–Crippen MR) is 121 cm³/mol. The lowest BCUT2D eigenvalue weighted by atomic mass is 10.1. The van der Waals surface area contributed by atoms with Gasteiger partial charge in [-0.25, -0.2) is 8.42 Å². The Morgan fingerprint density at radius 3 is 2.10 bits per heavy atom. The maximum absolute atomic E-state index is 13.0. The third-order valence-corrected chi connectivity index (χ3v) is 6.20. The summed E-state index contributed by atoms with van der Waals surface area (Å²) in [5.41, 5.74) is 0.948. The Kier molecular flexibility index (Phi) is 8.02. The van der Waals surface area contributed by atoms with E-state index in [-0.39, 0.29) is 11.4 Å². The van der Waals surface area contributed by atoms with Crippen molar-refractivity contribution < 1.29 is 27.4 Å². The number of nitrogens with one attached hydrogen (secondary N) is 1. The Balaban J connectivity index is 2.34. The van der Waals surface area contributed by atoms with Crippen molar-refractivity contribution in [2.75, 3.05) is 31.9 Å². The summed E-state index contributed by atoms with van der Waals surface area (Å²) in [6.45, 7) is 3.29. The largest absolute Gasteiger partial charge is 0.495 e. The molecule has 0 unspecified atom stereocenters.